The lowest BCUT2D eigenvalue weighted by atomic mass is 9.85. The van der Waals surface area contributed by atoms with Gasteiger partial charge in [-0.05, 0) is 180 Å². The van der Waals surface area contributed by atoms with Crippen LogP contribution in [0.3, 0.4) is 0 Å². The van der Waals surface area contributed by atoms with Crippen molar-refractivity contribution in [2.24, 2.45) is 0 Å². The lowest BCUT2D eigenvalue weighted by Gasteiger charge is -2.30. The molecule has 0 N–H and O–H groups in total. The van der Waals surface area contributed by atoms with Crippen LogP contribution in [0.25, 0.3) is 0 Å². The van der Waals surface area contributed by atoms with Crippen LogP contribution in [0.2, 0.25) is 0 Å². The maximum Gasteiger partial charge on any atom is 0.231 e. The Kier molecular flexibility index (Phi) is 24.3. The molecule has 6 nitrogen and oxygen atoms in total. The molecule has 6 aliphatic rings. The van der Waals surface area contributed by atoms with Gasteiger partial charge in [-0.1, -0.05) is 183 Å². The molecule has 3 aromatic carbocycles. The van der Waals surface area contributed by atoms with Crippen molar-refractivity contribution in [3.8, 4) is 17.2 Å². The number of fused-ring (bicyclic) bond motifs is 6. The number of aromatic nitrogens is 2. The number of aryl methyl sites for hydroxylation is 8. The van der Waals surface area contributed by atoms with E-state index in [2.05, 4.69) is 208 Å². The second-order valence-corrected chi connectivity index (χ2v) is 31.2. The molecule has 0 unspecified atom stereocenters. The monoisotopic (exact) mass is 1160 g/mol. The van der Waals surface area contributed by atoms with Crippen molar-refractivity contribution in [3.63, 3.8) is 0 Å². The Morgan fingerprint density at radius 2 is 0.927 bits per heavy atom. The van der Waals surface area contributed by atoms with Gasteiger partial charge in [-0.25, -0.2) is 4.98 Å². The summed E-state index contributed by atoms with van der Waals surface area (Å²) in [7, 11) is 2.12. The van der Waals surface area contributed by atoms with E-state index in [0.717, 1.165) is 30.4 Å². The molecule has 0 saturated carbocycles. The molecule has 0 fully saturated rings. The van der Waals surface area contributed by atoms with E-state index in [0.29, 0.717) is 17.6 Å². The first-order valence-electron chi connectivity index (χ1n) is 30.0. The first-order valence-corrected chi connectivity index (χ1v) is 31.6. The molecule has 12 rings (SSSR count). The summed E-state index contributed by atoms with van der Waals surface area (Å²) in [5.41, 5.74) is 17.0. The molecule has 454 valence electrons. The van der Waals surface area contributed by atoms with E-state index in [9.17, 15) is 0 Å². The highest BCUT2D eigenvalue weighted by Crippen LogP contribution is 2.39. The normalized spacial score (nSPS) is 15.4. The van der Waals surface area contributed by atoms with Crippen LogP contribution < -0.4 is 19.1 Å². The maximum absolute atomic E-state index is 5.62. The summed E-state index contributed by atoms with van der Waals surface area (Å²) in [5, 5.41) is 1.31. The van der Waals surface area contributed by atoms with Gasteiger partial charge in [-0.2, -0.15) is 0 Å². The molecule has 0 atom stereocenters. The third-order valence-corrected chi connectivity index (χ3v) is 19.0. The molecule has 0 amide bonds. The predicted octanol–water partition coefficient (Wildman–Crippen LogP) is 20.6. The van der Waals surface area contributed by atoms with Crippen LogP contribution >= 0.6 is 22.7 Å². The molecule has 0 bridgehead atoms. The number of rotatable bonds is 0. The fraction of sp³-hybridized carbons (Fsp3) is 0.595. The quantitative estimate of drug-likeness (QED) is 0.151. The Morgan fingerprint density at radius 3 is 1.55 bits per heavy atom. The number of thiazole rings is 1. The van der Waals surface area contributed by atoms with Crippen LogP contribution in [0.5, 0.6) is 17.2 Å². The highest BCUT2D eigenvalue weighted by atomic mass is 32.1. The molecular formula is C74H113N3O3S2. The van der Waals surface area contributed by atoms with Gasteiger partial charge in [0.05, 0.1) is 22.9 Å². The predicted molar refractivity (Wildman–Crippen MR) is 360 cm³/mol. The number of nitrogens with zero attached hydrogens (tertiary/aromatic N) is 3. The van der Waals surface area contributed by atoms with Crippen LogP contribution in [0.4, 0.5) is 5.69 Å². The fourth-order valence-electron chi connectivity index (χ4n) is 10.4. The lowest BCUT2D eigenvalue weighted by molar-refractivity contribution is 0.174. The van der Waals surface area contributed by atoms with Gasteiger partial charge >= 0.3 is 0 Å². The van der Waals surface area contributed by atoms with Gasteiger partial charge in [-0.15, -0.1) is 22.7 Å². The van der Waals surface area contributed by atoms with Crippen LogP contribution in [0.15, 0.2) is 72.8 Å². The molecule has 0 saturated heterocycles. The average molecular weight is 1160 g/mol. The van der Waals surface area contributed by atoms with Crippen molar-refractivity contribution in [2.75, 3.05) is 31.9 Å². The topological polar surface area (TPSA) is 56.7 Å². The summed E-state index contributed by atoms with van der Waals surface area (Å²) in [6.07, 6.45) is 16.8. The third-order valence-electron chi connectivity index (χ3n) is 15.8. The van der Waals surface area contributed by atoms with Crippen molar-refractivity contribution in [1.29, 1.82) is 0 Å². The summed E-state index contributed by atoms with van der Waals surface area (Å²) in [6, 6.07) is 26.5. The number of thiophene rings is 1. The van der Waals surface area contributed by atoms with Gasteiger partial charge in [0.25, 0.3) is 0 Å². The number of anilines is 1. The van der Waals surface area contributed by atoms with Gasteiger partial charge in [-0.3, -0.25) is 4.98 Å². The van der Waals surface area contributed by atoms with Crippen LogP contribution in [0, 0.1) is 0 Å². The van der Waals surface area contributed by atoms with Crippen LogP contribution in [0.1, 0.15) is 255 Å². The van der Waals surface area contributed by atoms with Gasteiger partial charge in [0.1, 0.15) is 12.4 Å². The Bertz CT molecular complexity index is 2800. The first-order chi connectivity index (χ1) is 36.8. The summed E-state index contributed by atoms with van der Waals surface area (Å²) >= 11 is 3.95. The second-order valence-electron chi connectivity index (χ2n) is 29.0. The Morgan fingerprint density at radius 1 is 0.402 bits per heavy atom. The summed E-state index contributed by atoms with van der Waals surface area (Å²) in [6.45, 7) is 42.5. The molecule has 3 aromatic heterocycles. The Balaban J connectivity index is 0.000000210. The van der Waals surface area contributed by atoms with Gasteiger partial charge in [0.15, 0.2) is 11.5 Å². The summed E-state index contributed by atoms with van der Waals surface area (Å²) in [4.78, 5) is 16.5. The Hall–Kier alpha value is -4.66. The molecule has 6 aromatic rings. The molecule has 0 spiro atoms. The molecule has 5 heterocycles. The third kappa shape index (κ3) is 18.9. The standard InChI is InChI=1S/C13H19NO.C13H19N.C13H18.C11H14O2.C11H16S.C10H15NS.3CH4/c1-13(2,3)10-5-6-12-11(9-10)14(4)7-8-15-12;1-13(2,3)12-9-8-10-6-4-5-7-11(10)14-12;1-13(2,3)12-8-7-10-5-4-6-11(10)9-12;1-11(2,3)8-4-5-9-10(6-8)13-7-12-9;1-11(2,3)10-7-8-5-4-6-9(8)12-10;1-10(2,3)9-11-7-5-4-6-8(7)12-9;;;/h5-6,9H,7-8H2,1-4H3;8-9H,4-7H2,1-3H3;7-9H,4-6H2,1-3H3;4-6H,7H2,1-3H3;7H,4-6H2,1-3H3;4-6H2,1-3H3;3*1H4. The highest BCUT2D eigenvalue weighted by Gasteiger charge is 2.26. The smallest absolute Gasteiger partial charge is 0.231 e. The number of pyridine rings is 1. The van der Waals surface area contributed by atoms with Crippen molar-refractivity contribution in [1.82, 2.24) is 9.97 Å². The van der Waals surface area contributed by atoms with Crippen LogP contribution in [-0.4, -0.2) is 37.0 Å². The highest BCUT2D eigenvalue weighted by molar-refractivity contribution is 7.12. The Labute approximate surface area is 510 Å². The zero-order valence-corrected chi connectivity index (χ0v) is 54.3. The van der Waals surface area contributed by atoms with E-state index in [1.165, 1.54) is 134 Å². The number of ether oxygens (including phenoxy) is 3. The summed E-state index contributed by atoms with van der Waals surface area (Å²) < 4.78 is 16.2. The minimum absolute atomic E-state index is 0. The number of likely N-dealkylation sites (N-methyl/N-ethyl adjacent to an activating group) is 1. The van der Waals surface area contributed by atoms with Crippen molar-refractivity contribution in [2.45, 2.75) is 263 Å². The van der Waals surface area contributed by atoms with Gasteiger partial charge < -0.3 is 19.1 Å². The molecule has 2 aliphatic heterocycles. The van der Waals surface area contributed by atoms with Crippen molar-refractivity contribution < 1.29 is 14.2 Å². The van der Waals surface area contributed by atoms with E-state index in [1.54, 1.807) is 31.3 Å². The van der Waals surface area contributed by atoms with Crippen LogP contribution in [-0.2, 0) is 83.9 Å². The SMILES string of the molecule is C.C.C.CC(C)(C)c1cc2c(s1)CCC2.CC(C)(C)c1ccc2c(c1)CCC2.CC(C)(C)c1ccc2c(c1)OCO2.CC(C)(C)c1ccc2c(n1)CCCC2.CC(C)(C)c1nc2c(s1)CCC2.CN1CCOc2ccc(C(C)(C)C)cc21. The van der Waals surface area contributed by atoms with E-state index in [-0.39, 0.29) is 43.9 Å². The number of benzene rings is 3. The first kappa shape index (κ1) is 69.8. The largest absolute Gasteiger partial charge is 0.490 e. The van der Waals surface area contributed by atoms with E-state index in [1.807, 2.05) is 28.7 Å². The van der Waals surface area contributed by atoms with Gasteiger partial charge in [0, 0.05) is 43.9 Å². The lowest BCUT2D eigenvalue weighted by Crippen LogP contribution is -2.29. The van der Waals surface area contributed by atoms with E-state index < -0.39 is 0 Å². The molecule has 0 radical (unpaired) electrons. The minimum Gasteiger partial charge on any atom is -0.490 e. The zero-order chi connectivity index (χ0) is 57.7. The number of hydrogen-bond donors (Lipinski definition) is 0. The van der Waals surface area contributed by atoms with E-state index >= 15 is 0 Å². The molecular weight excluding hydrogens is 1040 g/mol. The second kappa shape index (κ2) is 28.5. The molecule has 82 heavy (non-hydrogen) atoms. The number of hydrogen-bond acceptors (Lipinski definition) is 8. The molecule has 8 heteroatoms. The summed E-state index contributed by atoms with van der Waals surface area (Å²) in [5.74, 6) is 2.73. The zero-order valence-electron chi connectivity index (χ0n) is 52.6. The van der Waals surface area contributed by atoms with Crippen molar-refractivity contribution >= 4 is 28.4 Å². The van der Waals surface area contributed by atoms with Gasteiger partial charge in [0.2, 0.25) is 6.79 Å². The molecule has 4 aliphatic carbocycles. The van der Waals surface area contributed by atoms with E-state index in [4.69, 9.17) is 19.2 Å². The van der Waals surface area contributed by atoms with Crippen molar-refractivity contribution in [3.05, 3.63) is 148 Å². The maximum atomic E-state index is 5.62. The average Bonchev–Trinajstić information content (AvgIpc) is 4.37. The minimum atomic E-state index is 0. The fourth-order valence-corrected chi connectivity index (χ4v) is 12.9.